The van der Waals surface area contributed by atoms with E-state index in [2.05, 4.69) is 29.5 Å². The number of ether oxygens (including phenoxy) is 2. The number of rotatable bonds is 10. The highest BCUT2D eigenvalue weighted by Crippen LogP contribution is 2.17. The first kappa shape index (κ1) is 18.3. The summed E-state index contributed by atoms with van der Waals surface area (Å²) in [6, 6.07) is 7.94. The quantitative estimate of drug-likeness (QED) is 0.396. The summed E-state index contributed by atoms with van der Waals surface area (Å²) in [6.45, 7) is 7.89. The predicted molar refractivity (Wildman–Crippen MR) is 91.5 cm³/mol. The predicted octanol–water partition coefficient (Wildman–Crippen LogP) is 2.57. The fourth-order valence-electron chi connectivity index (χ4n) is 1.93. The molecular weight excluding hydrogens is 278 g/mol. The summed E-state index contributed by atoms with van der Waals surface area (Å²) in [5.41, 5.74) is 1.07. The van der Waals surface area contributed by atoms with Crippen LogP contribution in [0.3, 0.4) is 0 Å². The normalized spacial score (nSPS) is 11.3. The van der Waals surface area contributed by atoms with Crippen LogP contribution in [-0.4, -0.2) is 39.4 Å². The third-order valence-electron chi connectivity index (χ3n) is 3.13. The number of para-hydroxylation sites is 1. The van der Waals surface area contributed by atoms with Gasteiger partial charge in [-0.05, 0) is 19.4 Å². The molecule has 124 valence electrons. The van der Waals surface area contributed by atoms with Crippen molar-refractivity contribution >= 4 is 5.96 Å². The van der Waals surface area contributed by atoms with E-state index in [1.165, 1.54) is 0 Å². The van der Waals surface area contributed by atoms with Crippen molar-refractivity contribution in [3.63, 3.8) is 0 Å². The first-order valence-corrected chi connectivity index (χ1v) is 8.03. The second-order valence-electron chi connectivity index (χ2n) is 4.90. The molecule has 0 spiro atoms. The summed E-state index contributed by atoms with van der Waals surface area (Å²) in [4.78, 5) is 4.59. The number of guanidine groups is 1. The Balaban J connectivity index is 2.44. The minimum Gasteiger partial charge on any atom is -0.496 e. The molecule has 0 radical (unpaired) electrons. The van der Waals surface area contributed by atoms with Gasteiger partial charge in [0.2, 0.25) is 0 Å². The Kier molecular flexibility index (Phi) is 9.87. The van der Waals surface area contributed by atoms with Gasteiger partial charge in [0.05, 0.1) is 20.3 Å². The summed E-state index contributed by atoms with van der Waals surface area (Å²) in [6.07, 6.45) is 2.28. The first-order valence-electron chi connectivity index (χ1n) is 8.03. The van der Waals surface area contributed by atoms with E-state index in [1.807, 2.05) is 24.3 Å². The Labute approximate surface area is 134 Å². The van der Waals surface area contributed by atoms with Gasteiger partial charge in [-0.25, -0.2) is 4.99 Å². The van der Waals surface area contributed by atoms with Gasteiger partial charge < -0.3 is 20.1 Å². The van der Waals surface area contributed by atoms with Crippen LogP contribution in [0.15, 0.2) is 29.3 Å². The van der Waals surface area contributed by atoms with E-state index in [9.17, 15) is 0 Å². The number of unbranched alkanes of at least 4 members (excludes halogenated alkanes) is 1. The fraction of sp³-hybridized carbons (Fsp3) is 0.588. The molecule has 1 aromatic carbocycles. The van der Waals surface area contributed by atoms with E-state index >= 15 is 0 Å². The average molecular weight is 307 g/mol. The van der Waals surface area contributed by atoms with Crippen LogP contribution >= 0.6 is 0 Å². The van der Waals surface area contributed by atoms with Crippen LogP contribution in [0.4, 0.5) is 0 Å². The van der Waals surface area contributed by atoms with Crippen LogP contribution in [0.2, 0.25) is 0 Å². The average Bonchev–Trinajstić information content (AvgIpc) is 2.56. The number of hydrogen-bond acceptors (Lipinski definition) is 3. The number of methoxy groups -OCH3 is 1. The Morgan fingerprint density at radius 2 is 1.95 bits per heavy atom. The molecule has 0 bridgehead atoms. The van der Waals surface area contributed by atoms with Crippen molar-refractivity contribution in [1.82, 2.24) is 10.6 Å². The van der Waals surface area contributed by atoms with Crippen LogP contribution in [-0.2, 0) is 11.3 Å². The molecule has 0 fully saturated rings. The zero-order valence-corrected chi connectivity index (χ0v) is 14.0. The summed E-state index contributed by atoms with van der Waals surface area (Å²) < 4.78 is 10.9. The van der Waals surface area contributed by atoms with Crippen LogP contribution in [0.25, 0.3) is 0 Å². The summed E-state index contributed by atoms with van der Waals surface area (Å²) in [5, 5.41) is 6.51. The zero-order chi connectivity index (χ0) is 16.0. The van der Waals surface area contributed by atoms with Gasteiger partial charge in [-0.15, -0.1) is 0 Å². The maximum atomic E-state index is 5.54. The molecular formula is C17H29N3O2. The number of nitrogens with zero attached hydrogens (tertiary/aromatic N) is 1. The lowest BCUT2D eigenvalue weighted by atomic mass is 10.2. The van der Waals surface area contributed by atoms with Crippen LogP contribution in [0.5, 0.6) is 5.75 Å². The molecule has 0 aliphatic rings. The molecule has 22 heavy (non-hydrogen) atoms. The minimum absolute atomic E-state index is 0.579. The van der Waals surface area contributed by atoms with Crippen molar-refractivity contribution in [2.75, 3.05) is 33.4 Å². The molecule has 0 amide bonds. The zero-order valence-electron chi connectivity index (χ0n) is 14.0. The lowest BCUT2D eigenvalue weighted by Gasteiger charge is -2.12. The molecule has 1 aromatic rings. The van der Waals surface area contributed by atoms with E-state index < -0.39 is 0 Å². The van der Waals surface area contributed by atoms with E-state index in [1.54, 1.807) is 7.11 Å². The largest absolute Gasteiger partial charge is 0.496 e. The van der Waals surface area contributed by atoms with Gasteiger partial charge in [0.1, 0.15) is 5.75 Å². The summed E-state index contributed by atoms with van der Waals surface area (Å²) in [7, 11) is 1.68. The van der Waals surface area contributed by atoms with Crippen molar-refractivity contribution in [2.45, 2.75) is 33.2 Å². The fourth-order valence-corrected chi connectivity index (χ4v) is 1.93. The first-order chi connectivity index (χ1) is 10.8. The summed E-state index contributed by atoms with van der Waals surface area (Å²) in [5.74, 6) is 1.66. The van der Waals surface area contributed by atoms with E-state index in [4.69, 9.17) is 9.47 Å². The van der Waals surface area contributed by atoms with Gasteiger partial charge in [-0.1, -0.05) is 31.5 Å². The van der Waals surface area contributed by atoms with E-state index in [0.717, 1.165) is 49.8 Å². The number of nitrogens with one attached hydrogen (secondary N) is 2. The molecule has 1 rings (SSSR count). The molecule has 0 aromatic heterocycles. The molecule has 0 saturated carbocycles. The van der Waals surface area contributed by atoms with Crippen LogP contribution < -0.4 is 15.4 Å². The minimum atomic E-state index is 0.579. The molecule has 0 saturated heterocycles. The lowest BCUT2D eigenvalue weighted by molar-refractivity contribution is 0.136. The maximum Gasteiger partial charge on any atom is 0.191 e. The van der Waals surface area contributed by atoms with Crippen LogP contribution in [0.1, 0.15) is 32.3 Å². The molecule has 0 unspecified atom stereocenters. The Morgan fingerprint density at radius 1 is 1.14 bits per heavy atom. The van der Waals surface area contributed by atoms with E-state index in [-0.39, 0.29) is 0 Å². The second-order valence-corrected chi connectivity index (χ2v) is 4.90. The summed E-state index contributed by atoms with van der Waals surface area (Å²) >= 11 is 0. The maximum absolute atomic E-state index is 5.54. The van der Waals surface area contributed by atoms with Gasteiger partial charge >= 0.3 is 0 Å². The monoisotopic (exact) mass is 307 g/mol. The number of hydrogen-bond donors (Lipinski definition) is 2. The molecule has 5 nitrogen and oxygen atoms in total. The topological polar surface area (TPSA) is 54.9 Å². The highest BCUT2D eigenvalue weighted by Gasteiger charge is 2.02. The van der Waals surface area contributed by atoms with Crippen molar-refractivity contribution < 1.29 is 9.47 Å². The SMILES string of the molecule is CCCCOCCNC(=NCc1ccccc1OC)NCC. The standard InChI is InChI=1S/C17H29N3O2/c1-4-6-12-22-13-11-19-17(18-5-2)20-14-15-9-7-8-10-16(15)21-3/h7-10H,4-6,11-14H2,1-3H3,(H2,18,19,20). The molecule has 0 heterocycles. The van der Waals surface area contributed by atoms with Gasteiger partial charge in [0.15, 0.2) is 5.96 Å². The van der Waals surface area contributed by atoms with Crippen molar-refractivity contribution in [3.05, 3.63) is 29.8 Å². The lowest BCUT2D eigenvalue weighted by Crippen LogP contribution is -2.39. The third kappa shape index (κ3) is 7.31. The van der Waals surface area contributed by atoms with Gasteiger partial charge in [0.25, 0.3) is 0 Å². The second kappa shape index (κ2) is 11.9. The van der Waals surface area contributed by atoms with E-state index in [0.29, 0.717) is 13.2 Å². The van der Waals surface area contributed by atoms with Crippen molar-refractivity contribution in [3.8, 4) is 5.75 Å². The van der Waals surface area contributed by atoms with Crippen LogP contribution in [0, 0.1) is 0 Å². The molecule has 0 aliphatic carbocycles. The Morgan fingerprint density at radius 3 is 2.68 bits per heavy atom. The van der Waals surface area contributed by atoms with Gasteiger partial charge in [0, 0.05) is 25.3 Å². The highest BCUT2D eigenvalue weighted by atomic mass is 16.5. The highest BCUT2D eigenvalue weighted by molar-refractivity contribution is 5.79. The van der Waals surface area contributed by atoms with Crippen molar-refractivity contribution in [1.29, 1.82) is 0 Å². The molecule has 2 N–H and O–H groups in total. The number of benzene rings is 1. The third-order valence-corrected chi connectivity index (χ3v) is 3.13. The Hall–Kier alpha value is -1.75. The smallest absolute Gasteiger partial charge is 0.191 e. The van der Waals surface area contributed by atoms with Gasteiger partial charge in [-0.3, -0.25) is 0 Å². The van der Waals surface area contributed by atoms with Gasteiger partial charge in [-0.2, -0.15) is 0 Å². The number of aliphatic imine (C=N–C) groups is 1. The Bertz CT molecular complexity index is 436. The van der Waals surface area contributed by atoms with Crippen molar-refractivity contribution in [2.24, 2.45) is 4.99 Å². The molecule has 0 aliphatic heterocycles. The molecule has 0 atom stereocenters. The molecule has 5 heteroatoms.